The Kier molecular flexibility index (Phi) is 6.48. The van der Waals surface area contributed by atoms with Gasteiger partial charge in [-0.05, 0) is 44.3 Å². The summed E-state index contributed by atoms with van der Waals surface area (Å²) in [6.45, 7) is 4.82. The molecule has 166 valence electrons. The maximum Gasteiger partial charge on any atom is 0.323 e. The number of halogens is 2. The fourth-order valence-electron chi connectivity index (χ4n) is 3.34. The molecule has 0 atom stereocenters. The van der Waals surface area contributed by atoms with Gasteiger partial charge in [0, 0.05) is 54.7 Å². The standard InChI is InChI=1S/C22H23ClFN7O/c1-14-19(13-20(29-28-14)17-11-15(23)3-4-18(17)24)26-16-5-6-25-21(12-16)27-22(32)31-9-7-30(2)8-10-31/h3-6,11-13H,7-10H2,1-2H3,(H2,25,26,27,29,32). The number of hydrogen-bond donors (Lipinski definition) is 2. The zero-order valence-electron chi connectivity index (χ0n) is 17.8. The van der Waals surface area contributed by atoms with Crippen molar-refractivity contribution in [1.82, 2.24) is 25.0 Å². The molecule has 0 unspecified atom stereocenters. The normalized spacial score (nSPS) is 14.3. The predicted octanol–water partition coefficient (Wildman–Crippen LogP) is 4.16. The molecule has 0 radical (unpaired) electrons. The molecular formula is C22H23ClFN7O. The Hall–Kier alpha value is -3.30. The van der Waals surface area contributed by atoms with Gasteiger partial charge in [-0.1, -0.05) is 11.6 Å². The van der Waals surface area contributed by atoms with Crippen LogP contribution in [-0.2, 0) is 0 Å². The van der Waals surface area contributed by atoms with Gasteiger partial charge in [0.2, 0.25) is 0 Å². The first-order valence-corrected chi connectivity index (χ1v) is 10.5. The third kappa shape index (κ3) is 5.12. The van der Waals surface area contributed by atoms with Crippen LogP contribution in [0.25, 0.3) is 11.3 Å². The SMILES string of the molecule is Cc1nnc(-c2cc(Cl)ccc2F)cc1Nc1ccnc(NC(=O)N2CCN(C)CC2)c1. The Bertz CT molecular complexity index is 1140. The van der Waals surface area contributed by atoms with Crippen LogP contribution >= 0.6 is 11.6 Å². The van der Waals surface area contributed by atoms with Gasteiger partial charge in [0.15, 0.2) is 0 Å². The molecule has 0 aliphatic carbocycles. The van der Waals surface area contributed by atoms with Gasteiger partial charge in [-0.2, -0.15) is 10.2 Å². The van der Waals surface area contributed by atoms with Gasteiger partial charge < -0.3 is 15.1 Å². The molecule has 3 heterocycles. The first kappa shape index (κ1) is 21.9. The molecule has 2 amide bonds. The summed E-state index contributed by atoms with van der Waals surface area (Å²) in [5, 5.41) is 14.7. The number of pyridine rings is 1. The smallest absolute Gasteiger partial charge is 0.323 e. The Morgan fingerprint density at radius 2 is 1.88 bits per heavy atom. The van der Waals surface area contributed by atoms with Gasteiger partial charge in [-0.15, -0.1) is 0 Å². The van der Waals surface area contributed by atoms with Crippen molar-refractivity contribution in [3.8, 4) is 11.3 Å². The van der Waals surface area contributed by atoms with Crippen molar-refractivity contribution in [1.29, 1.82) is 0 Å². The Morgan fingerprint density at radius 3 is 2.66 bits per heavy atom. The molecule has 2 aromatic heterocycles. The first-order chi connectivity index (χ1) is 15.4. The van der Waals surface area contributed by atoms with E-state index in [1.807, 2.05) is 7.05 Å². The van der Waals surface area contributed by atoms with Crippen molar-refractivity contribution in [3.05, 3.63) is 59.1 Å². The second-order valence-electron chi connectivity index (χ2n) is 7.63. The molecule has 1 saturated heterocycles. The van der Waals surface area contributed by atoms with Crippen LogP contribution in [0.3, 0.4) is 0 Å². The number of piperazine rings is 1. The molecule has 3 aromatic rings. The highest BCUT2D eigenvalue weighted by molar-refractivity contribution is 6.30. The minimum Gasteiger partial charge on any atom is -0.354 e. The van der Waals surface area contributed by atoms with Crippen molar-refractivity contribution >= 4 is 34.8 Å². The van der Waals surface area contributed by atoms with Crippen molar-refractivity contribution in [2.45, 2.75) is 6.92 Å². The lowest BCUT2D eigenvalue weighted by Crippen LogP contribution is -2.48. The minimum absolute atomic E-state index is 0.178. The number of hydrogen-bond acceptors (Lipinski definition) is 6. The maximum atomic E-state index is 14.3. The number of nitrogens with zero attached hydrogens (tertiary/aromatic N) is 5. The van der Waals surface area contributed by atoms with Crippen molar-refractivity contribution in [2.75, 3.05) is 43.9 Å². The molecule has 10 heteroatoms. The van der Waals surface area contributed by atoms with E-state index in [1.54, 1.807) is 36.2 Å². The lowest BCUT2D eigenvalue weighted by molar-refractivity contribution is 0.164. The predicted molar refractivity (Wildman–Crippen MR) is 123 cm³/mol. The lowest BCUT2D eigenvalue weighted by atomic mass is 10.1. The average molecular weight is 456 g/mol. The van der Waals surface area contributed by atoms with Crippen LogP contribution in [0.15, 0.2) is 42.6 Å². The van der Waals surface area contributed by atoms with Crippen LogP contribution in [0.4, 0.5) is 26.4 Å². The molecule has 0 saturated carbocycles. The van der Waals surface area contributed by atoms with Gasteiger partial charge in [0.05, 0.1) is 17.1 Å². The van der Waals surface area contributed by atoms with E-state index in [1.165, 1.54) is 18.2 Å². The molecule has 32 heavy (non-hydrogen) atoms. The summed E-state index contributed by atoms with van der Waals surface area (Å²) in [4.78, 5) is 20.7. The molecular weight excluding hydrogens is 433 g/mol. The summed E-state index contributed by atoms with van der Waals surface area (Å²) >= 11 is 6.01. The first-order valence-electron chi connectivity index (χ1n) is 10.2. The van der Waals surface area contributed by atoms with E-state index < -0.39 is 5.82 Å². The van der Waals surface area contributed by atoms with Crippen LogP contribution < -0.4 is 10.6 Å². The van der Waals surface area contributed by atoms with E-state index in [-0.39, 0.29) is 11.6 Å². The number of rotatable bonds is 4. The van der Waals surface area contributed by atoms with Crippen molar-refractivity contribution in [3.63, 3.8) is 0 Å². The summed E-state index contributed by atoms with van der Waals surface area (Å²) in [7, 11) is 2.04. The summed E-state index contributed by atoms with van der Waals surface area (Å²) in [6, 6.07) is 9.32. The minimum atomic E-state index is -0.434. The van der Waals surface area contributed by atoms with Crippen molar-refractivity contribution < 1.29 is 9.18 Å². The van der Waals surface area contributed by atoms with E-state index in [4.69, 9.17) is 11.6 Å². The summed E-state index contributed by atoms with van der Waals surface area (Å²) < 4.78 is 14.3. The quantitative estimate of drug-likeness (QED) is 0.614. The highest BCUT2D eigenvalue weighted by Gasteiger charge is 2.19. The Morgan fingerprint density at radius 1 is 1.09 bits per heavy atom. The van der Waals surface area contributed by atoms with Gasteiger partial charge in [0.1, 0.15) is 11.6 Å². The van der Waals surface area contributed by atoms with Gasteiger partial charge >= 0.3 is 6.03 Å². The molecule has 1 aliphatic heterocycles. The summed E-state index contributed by atoms with van der Waals surface area (Å²) in [5.74, 6) is -0.00368. The van der Waals surface area contributed by atoms with Crippen LogP contribution in [-0.4, -0.2) is 64.2 Å². The second kappa shape index (κ2) is 9.46. The largest absolute Gasteiger partial charge is 0.354 e. The molecule has 1 aromatic carbocycles. The van der Waals surface area contributed by atoms with E-state index in [0.29, 0.717) is 46.7 Å². The van der Waals surface area contributed by atoms with Crippen LogP contribution in [0.1, 0.15) is 5.69 Å². The van der Waals surface area contributed by atoms with Crippen LogP contribution in [0, 0.1) is 12.7 Å². The highest BCUT2D eigenvalue weighted by atomic mass is 35.5. The van der Waals surface area contributed by atoms with Gasteiger partial charge in [-0.25, -0.2) is 14.2 Å². The highest BCUT2D eigenvalue weighted by Crippen LogP contribution is 2.28. The lowest BCUT2D eigenvalue weighted by Gasteiger charge is -2.32. The number of carbonyl (C=O) groups is 1. The number of likely N-dealkylation sites (N-methyl/N-ethyl adjacent to an activating group) is 1. The fourth-order valence-corrected chi connectivity index (χ4v) is 3.51. The average Bonchev–Trinajstić information content (AvgIpc) is 2.78. The zero-order valence-corrected chi connectivity index (χ0v) is 18.5. The molecule has 0 bridgehead atoms. The van der Waals surface area contributed by atoms with Gasteiger partial charge in [-0.3, -0.25) is 5.32 Å². The number of nitrogens with one attached hydrogen (secondary N) is 2. The number of urea groups is 1. The fraction of sp³-hybridized carbons (Fsp3) is 0.273. The number of amides is 2. The van der Waals surface area contributed by atoms with Gasteiger partial charge in [0.25, 0.3) is 0 Å². The molecule has 1 fully saturated rings. The van der Waals surface area contributed by atoms with Crippen LogP contribution in [0.2, 0.25) is 5.02 Å². The van der Waals surface area contributed by atoms with E-state index in [2.05, 4.69) is 30.7 Å². The molecule has 0 spiro atoms. The number of aryl methyl sites for hydroxylation is 1. The van der Waals surface area contributed by atoms with E-state index in [9.17, 15) is 9.18 Å². The number of anilines is 3. The topological polar surface area (TPSA) is 86.3 Å². The molecule has 4 rings (SSSR count). The summed E-state index contributed by atoms with van der Waals surface area (Å²) in [6.07, 6.45) is 1.60. The number of carbonyl (C=O) groups excluding carboxylic acids is 1. The third-order valence-electron chi connectivity index (χ3n) is 5.25. The number of benzene rings is 1. The van der Waals surface area contributed by atoms with E-state index in [0.717, 1.165) is 13.1 Å². The van der Waals surface area contributed by atoms with Crippen LogP contribution in [0.5, 0.6) is 0 Å². The van der Waals surface area contributed by atoms with Crippen molar-refractivity contribution in [2.24, 2.45) is 0 Å². The Labute approximate surface area is 190 Å². The second-order valence-corrected chi connectivity index (χ2v) is 8.06. The molecule has 2 N–H and O–H groups in total. The Balaban J connectivity index is 1.51. The molecule has 1 aliphatic rings. The zero-order chi connectivity index (χ0) is 22.7. The molecule has 8 nitrogen and oxygen atoms in total. The maximum absolute atomic E-state index is 14.3. The van der Waals surface area contributed by atoms with E-state index >= 15 is 0 Å². The number of aromatic nitrogens is 3. The third-order valence-corrected chi connectivity index (χ3v) is 5.48. The monoisotopic (exact) mass is 455 g/mol. The summed E-state index contributed by atoms with van der Waals surface area (Å²) in [5.41, 5.74) is 2.61.